The highest BCUT2D eigenvalue weighted by Crippen LogP contribution is 2.18. The number of fused-ring (bicyclic) bond motifs is 1. The van der Waals surface area contributed by atoms with Crippen molar-refractivity contribution in [1.82, 2.24) is 20.4 Å². The maximum Gasteiger partial charge on any atom is 0.153 e. The van der Waals surface area contributed by atoms with E-state index in [1.165, 1.54) is 0 Å². The second-order valence-corrected chi connectivity index (χ2v) is 2.83. The van der Waals surface area contributed by atoms with Crippen molar-refractivity contribution >= 4 is 22.6 Å². The van der Waals surface area contributed by atoms with Crippen LogP contribution in [0.5, 0.6) is 0 Å². The molecule has 10 heavy (non-hydrogen) atoms. The first-order valence-electron chi connectivity index (χ1n) is 2.69. The Morgan fingerprint density at radius 1 is 1.50 bits per heavy atom. The summed E-state index contributed by atoms with van der Waals surface area (Å²) in [5.74, 6) is 0. The summed E-state index contributed by atoms with van der Waals surface area (Å²) in [6.07, 6.45) is 1.73. The maximum absolute atomic E-state index is 4.08. The molecule has 1 N–H and O–H groups in total. The van der Waals surface area contributed by atoms with Crippen molar-refractivity contribution in [2.24, 2.45) is 0 Å². The van der Waals surface area contributed by atoms with Crippen LogP contribution in [0.1, 0.15) is 0 Å². The lowest BCUT2D eigenvalue weighted by Gasteiger charge is -1.94. The smallest absolute Gasteiger partial charge is 0.153 e. The van der Waals surface area contributed by atoms with Gasteiger partial charge < -0.3 is 0 Å². The number of halogens is 1. The molecule has 0 unspecified atom stereocenters. The number of nitrogens with zero attached hydrogens (tertiary/aromatic N) is 3. The molecule has 4 nitrogen and oxygen atoms in total. The molecule has 0 aromatic carbocycles. The van der Waals surface area contributed by atoms with E-state index in [2.05, 4.69) is 43.0 Å². The highest BCUT2D eigenvalue weighted by atomic mass is 127. The number of rotatable bonds is 0. The first kappa shape index (κ1) is 6.02. The third kappa shape index (κ3) is 0.772. The van der Waals surface area contributed by atoms with Crippen molar-refractivity contribution in [3.05, 3.63) is 16.0 Å². The Kier molecular flexibility index (Phi) is 1.30. The predicted molar refractivity (Wildman–Crippen MR) is 43.5 cm³/mol. The zero-order valence-electron chi connectivity index (χ0n) is 4.87. The van der Waals surface area contributed by atoms with Gasteiger partial charge in [-0.25, -0.2) is 0 Å². The molecular formula is C5H3IN4. The van der Waals surface area contributed by atoms with Gasteiger partial charge in [-0.1, -0.05) is 5.21 Å². The quantitative estimate of drug-likeness (QED) is 0.703. The number of nitrogens with one attached hydrogen (secondary N) is 1. The van der Waals surface area contributed by atoms with Crippen molar-refractivity contribution in [2.75, 3.05) is 0 Å². The van der Waals surface area contributed by atoms with Gasteiger partial charge in [0.25, 0.3) is 0 Å². The largest absolute Gasteiger partial charge is 0.257 e. The number of H-pyrrole nitrogens is 1. The number of aromatic nitrogens is 4. The highest BCUT2D eigenvalue weighted by molar-refractivity contribution is 14.1. The molecule has 50 valence electrons. The number of hydrogen-bond acceptors (Lipinski definition) is 3. The Morgan fingerprint density at radius 2 is 2.40 bits per heavy atom. The van der Waals surface area contributed by atoms with Crippen LogP contribution in [0.25, 0.3) is 11.4 Å². The second-order valence-electron chi connectivity index (χ2n) is 1.81. The lowest BCUT2D eigenvalue weighted by Crippen LogP contribution is -1.95. The molecule has 0 fully saturated rings. The van der Waals surface area contributed by atoms with E-state index in [1.807, 2.05) is 6.07 Å². The summed E-state index contributed by atoms with van der Waals surface area (Å²) >= 11 is 2.10. The molecule has 0 radical (unpaired) electrons. The minimum absolute atomic E-state index is 0.830. The average Bonchev–Trinajstić information content (AvgIpc) is 2.36. The SMILES string of the molecule is Ic1nn[nH]c2ccnc1-2. The van der Waals surface area contributed by atoms with E-state index < -0.39 is 0 Å². The molecule has 5 heteroatoms. The van der Waals surface area contributed by atoms with Gasteiger partial charge in [-0.2, -0.15) is 0 Å². The van der Waals surface area contributed by atoms with Crippen LogP contribution in [0.4, 0.5) is 0 Å². The lowest BCUT2D eigenvalue weighted by molar-refractivity contribution is 0.849. The molecule has 0 aromatic rings. The lowest BCUT2D eigenvalue weighted by atomic mass is 10.4. The van der Waals surface area contributed by atoms with Crippen molar-refractivity contribution in [1.29, 1.82) is 0 Å². The van der Waals surface area contributed by atoms with Gasteiger partial charge in [-0.15, -0.1) is 5.10 Å². The topological polar surface area (TPSA) is 54.5 Å². The van der Waals surface area contributed by atoms with Gasteiger partial charge in [0.1, 0.15) is 5.69 Å². The first-order valence-corrected chi connectivity index (χ1v) is 3.77. The van der Waals surface area contributed by atoms with Crippen molar-refractivity contribution in [2.45, 2.75) is 0 Å². The molecule has 0 aromatic heterocycles. The Labute approximate surface area is 70.5 Å². The maximum atomic E-state index is 4.08. The van der Waals surface area contributed by atoms with Crippen LogP contribution in [-0.2, 0) is 0 Å². The molecule has 2 aliphatic heterocycles. The molecule has 0 bridgehead atoms. The first-order chi connectivity index (χ1) is 4.88. The summed E-state index contributed by atoms with van der Waals surface area (Å²) < 4.78 is 0.830. The van der Waals surface area contributed by atoms with Crippen LogP contribution in [0.15, 0.2) is 12.3 Å². The molecule has 2 heterocycles. The molecule has 0 saturated heterocycles. The van der Waals surface area contributed by atoms with Crippen LogP contribution >= 0.6 is 22.6 Å². The normalized spacial score (nSPS) is 10.5. The van der Waals surface area contributed by atoms with E-state index >= 15 is 0 Å². The van der Waals surface area contributed by atoms with Gasteiger partial charge in [-0.05, 0) is 28.7 Å². The number of aromatic amines is 1. The Balaban J connectivity index is 2.80. The Morgan fingerprint density at radius 3 is 3.20 bits per heavy atom. The monoisotopic (exact) mass is 246 g/mol. The summed E-state index contributed by atoms with van der Waals surface area (Å²) in [6.45, 7) is 0. The molecular weight excluding hydrogens is 243 g/mol. The summed E-state index contributed by atoms with van der Waals surface area (Å²) in [7, 11) is 0. The van der Waals surface area contributed by atoms with Gasteiger partial charge in [0.05, 0.1) is 5.69 Å². The molecule has 0 saturated carbocycles. The fourth-order valence-electron chi connectivity index (χ4n) is 0.760. The van der Waals surface area contributed by atoms with E-state index in [0.717, 1.165) is 15.1 Å². The summed E-state index contributed by atoms with van der Waals surface area (Å²) in [5.41, 5.74) is 1.81. The average molecular weight is 246 g/mol. The molecule has 2 aliphatic rings. The van der Waals surface area contributed by atoms with E-state index in [0.29, 0.717) is 0 Å². The van der Waals surface area contributed by atoms with Crippen LogP contribution in [-0.4, -0.2) is 20.4 Å². The van der Waals surface area contributed by atoms with Crippen molar-refractivity contribution in [3.63, 3.8) is 0 Å². The Bertz CT molecular complexity index is 318. The minimum atomic E-state index is 0.830. The van der Waals surface area contributed by atoms with Gasteiger partial charge >= 0.3 is 0 Å². The van der Waals surface area contributed by atoms with E-state index in [9.17, 15) is 0 Å². The molecule has 2 rings (SSSR count). The van der Waals surface area contributed by atoms with E-state index in [-0.39, 0.29) is 0 Å². The zero-order chi connectivity index (χ0) is 6.97. The van der Waals surface area contributed by atoms with Crippen LogP contribution in [0, 0.1) is 3.70 Å². The summed E-state index contributed by atoms with van der Waals surface area (Å²) in [4.78, 5) is 4.08. The molecule has 0 spiro atoms. The summed E-state index contributed by atoms with van der Waals surface area (Å²) in [5, 5.41) is 10.2. The predicted octanol–water partition coefficient (Wildman–Crippen LogP) is 0.909. The van der Waals surface area contributed by atoms with Gasteiger partial charge in [-0.3, -0.25) is 10.1 Å². The van der Waals surface area contributed by atoms with Crippen LogP contribution in [0.3, 0.4) is 0 Å². The fraction of sp³-hybridized carbons (Fsp3) is 0. The van der Waals surface area contributed by atoms with Gasteiger partial charge in [0.15, 0.2) is 3.70 Å². The standard InChI is InChI=1S/C5H3IN4/c6-5-4-3(1-2-7-4)8-10-9-5/h1-2H,(H,8,9). The second kappa shape index (κ2) is 2.15. The van der Waals surface area contributed by atoms with Crippen molar-refractivity contribution in [3.8, 4) is 11.4 Å². The minimum Gasteiger partial charge on any atom is -0.257 e. The van der Waals surface area contributed by atoms with Crippen LogP contribution < -0.4 is 0 Å². The molecule has 0 atom stereocenters. The fourth-order valence-corrected chi connectivity index (χ4v) is 1.30. The van der Waals surface area contributed by atoms with E-state index in [1.54, 1.807) is 6.20 Å². The summed E-state index contributed by atoms with van der Waals surface area (Å²) in [6, 6.07) is 1.87. The van der Waals surface area contributed by atoms with Gasteiger partial charge in [0.2, 0.25) is 0 Å². The van der Waals surface area contributed by atoms with Gasteiger partial charge in [0, 0.05) is 6.20 Å². The zero-order valence-corrected chi connectivity index (χ0v) is 7.03. The van der Waals surface area contributed by atoms with Crippen molar-refractivity contribution < 1.29 is 0 Å². The van der Waals surface area contributed by atoms with E-state index in [4.69, 9.17) is 0 Å². The number of hydrogen-bond donors (Lipinski definition) is 1. The third-order valence-corrected chi connectivity index (χ3v) is 1.93. The highest BCUT2D eigenvalue weighted by Gasteiger charge is 2.07. The Hall–Kier alpha value is -0.720. The third-order valence-electron chi connectivity index (χ3n) is 1.20. The van der Waals surface area contributed by atoms with Crippen LogP contribution in [0.2, 0.25) is 0 Å². The molecule has 0 amide bonds. The molecule has 0 aliphatic carbocycles.